The number of hydrogen-bond donors (Lipinski definition) is 2. The Labute approximate surface area is 170 Å². The molecule has 0 heterocycles. The fourth-order valence-corrected chi connectivity index (χ4v) is 3.50. The highest BCUT2D eigenvalue weighted by Gasteiger charge is 2.21. The molecule has 0 unspecified atom stereocenters. The average molecular weight is 420 g/mol. The zero-order valence-corrected chi connectivity index (χ0v) is 17.7. The predicted octanol–water partition coefficient (Wildman–Crippen LogP) is 2.29. The molecular weight excluding hydrogens is 394 g/mol. The van der Waals surface area contributed by atoms with E-state index in [1.807, 2.05) is 6.92 Å². The molecule has 0 bridgehead atoms. The van der Waals surface area contributed by atoms with Crippen LogP contribution in [0.5, 0.6) is 0 Å². The number of sulfonamides is 1. The number of nitrogens with zero attached hydrogens (tertiary/aromatic N) is 1. The second-order valence-corrected chi connectivity index (χ2v) is 8.57. The van der Waals surface area contributed by atoms with Crippen LogP contribution in [0.1, 0.15) is 11.1 Å². The van der Waals surface area contributed by atoms with Crippen molar-refractivity contribution in [1.29, 1.82) is 0 Å². The number of anilines is 3. The average Bonchev–Trinajstić information content (AvgIpc) is 2.62. The van der Waals surface area contributed by atoms with Crippen LogP contribution in [0.4, 0.5) is 17.1 Å². The molecule has 8 nitrogen and oxygen atoms in total. The van der Waals surface area contributed by atoms with Crippen molar-refractivity contribution in [3.63, 3.8) is 0 Å². The summed E-state index contributed by atoms with van der Waals surface area (Å²) in [7, 11) is -2.21. The normalized spacial score (nSPS) is 11.0. The fourth-order valence-electron chi connectivity index (χ4n) is 2.64. The van der Waals surface area contributed by atoms with Gasteiger partial charge in [0.05, 0.1) is 11.9 Å². The molecule has 2 aromatic carbocycles. The highest BCUT2D eigenvalue weighted by atomic mass is 32.2. The maximum absolute atomic E-state index is 12.5. The zero-order chi connectivity index (χ0) is 21.6. The fraction of sp³-hybridized carbons (Fsp3) is 0.300. The summed E-state index contributed by atoms with van der Waals surface area (Å²) in [6.07, 6.45) is 1.06. The molecule has 2 N–H and O–H groups in total. The number of nitrogens with one attached hydrogen (secondary N) is 2. The van der Waals surface area contributed by atoms with E-state index in [4.69, 9.17) is 4.74 Å². The number of amides is 2. The maximum Gasteiger partial charge on any atom is 0.250 e. The molecule has 156 valence electrons. The van der Waals surface area contributed by atoms with Crippen LogP contribution in [0.3, 0.4) is 0 Å². The molecule has 0 spiro atoms. The summed E-state index contributed by atoms with van der Waals surface area (Å²) in [5, 5.41) is 5.40. The minimum atomic E-state index is -3.64. The van der Waals surface area contributed by atoms with Gasteiger partial charge in [-0.1, -0.05) is 17.7 Å². The van der Waals surface area contributed by atoms with E-state index in [0.717, 1.165) is 21.7 Å². The molecule has 0 aromatic heterocycles. The van der Waals surface area contributed by atoms with E-state index >= 15 is 0 Å². The SMILES string of the molecule is COCC(=O)Nc1ccc(NC(=O)CN(c2ccc(C)cc2)S(C)(=O)=O)cc1C. The van der Waals surface area contributed by atoms with Crippen LogP contribution in [-0.4, -0.2) is 46.7 Å². The molecular formula is C20H25N3O5S. The summed E-state index contributed by atoms with van der Waals surface area (Å²) in [4.78, 5) is 24.1. The summed E-state index contributed by atoms with van der Waals surface area (Å²) in [6, 6.07) is 11.9. The molecule has 0 atom stereocenters. The van der Waals surface area contributed by atoms with Crippen LogP contribution in [0, 0.1) is 13.8 Å². The maximum atomic E-state index is 12.5. The van der Waals surface area contributed by atoms with Crippen molar-refractivity contribution >= 4 is 38.9 Å². The van der Waals surface area contributed by atoms with Gasteiger partial charge in [0.15, 0.2) is 0 Å². The van der Waals surface area contributed by atoms with Gasteiger partial charge in [0, 0.05) is 18.5 Å². The number of carbonyl (C=O) groups is 2. The van der Waals surface area contributed by atoms with Crippen LogP contribution in [0.2, 0.25) is 0 Å². The minimum absolute atomic E-state index is 0.0573. The molecule has 29 heavy (non-hydrogen) atoms. The predicted molar refractivity (Wildman–Crippen MR) is 114 cm³/mol. The third-order valence-corrected chi connectivity index (χ3v) is 5.21. The minimum Gasteiger partial charge on any atom is -0.375 e. The van der Waals surface area contributed by atoms with Crippen molar-refractivity contribution in [2.24, 2.45) is 0 Å². The molecule has 0 aliphatic heterocycles. The van der Waals surface area contributed by atoms with Crippen molar-refractivity contribution < 1.29 is 22.7 Å². The Hall–Kier alpha value is -2.91. The second kappa shape index (κ2) is 9.53. The van der Waals surface area contributed by atoms with E-state index in [-0.39, 0.29) is 19.1 Å². The lowest BCUT2D eigenvalue weighted by atomic mass is 10.1. The number of ether oxygens (including phenoxy) is 1. The molecule has 9 heteroatoms. The Bertz CT molecular complexity index is 988. The first-order valence-corrected chi connectivity index (χ1v) is 10.7. The molecule has 2 aromatic rings. The van der Waals surface area contributed by atoms with Crippen LogP contribution < -0.4 is 14.9 Å². The lowest BCUT2D eigenvalue weighted by molar-refractivity contribution is -0.119. The van der Waals surface area contributed by atoms with Crippen molar-refractivity contribution in [2.75, 3.05) is 41.5 Å². The number of methoxy groups -OCH3 is 1. The van der Waals surface area contributed by atoms with Gasteiger partial charge in [0.25, 0.3) is 0 Å². The van der Waals surface area contributed by atoms with E-state index in [0.29, 0.717) is 17.1 Å². The Balaban J connectivity index is 2.11. The first kappa shape index (κ1) is 22.4. The molecule has 2 rings (SSSR count). The molecule has 2 amide bonds. The van der Waals surface area contributed by atoms with E-state index in [9.17, 15) is 18.0 Å². The lowest BCUT2D eigenvalue weighted by Crippen LogP contribution is -2.37. The molecule has 0 saturated heterocycles. The van der Waals surface area contributed by atoms with E-state index in [1.165, 1.54) is 7.11 Å². The van der Waals surface area contributed by atoms with Crippen molar-refractivity contribution in [3.8, 4) is 0 Å². The van der Waals surface area contributed by atoms with Crippen LogP contribution in [0.15, 0.2) is 42.5 Å². The Morgan fingerprint density at radius 1 is 1.00 bits per heavy atom. The first-order chi connectivity index (χ1) is 13.6. The summed E-state index contributed by atoms with van der Waals surface area (Å²) >= 11 is 0. The number of rotatable bonds is 8. The smallest absolute Gasteiger partial charge is 0.250 e. The largest absolute Gasteiger partial charge is 0.375 e. The molecule has 0 aliphatic rings. The van der Waals surface area contributed by atoms with E-state index < -0.39 is 15.9 Å². The van der Waals surface area contributed by atoms with Crippen LogP contribution >= 0.6 is 0 Å². The molecule has 0 radical (unpaired) electrons. The van der Waals surface area contributed by atoms with Gasteiger partial charge in [0.1, 0.15) is 13.2 Å². The molecule has 0 aliphatic carbocycles. The highest BCUT2D eigenvalue weighted by molar-refractivity contribution is 7.92. The Morgan fingerprint density at radius 2 is 1.66 bits per heavy atom. The second-order valence-electron chi connectivity index (χ2n) is 6.66. The topological polar surface area (TPSA) is 105 Å². The van der Waals surface area contributed by atoms with Crippen LogP contribution in [-0.2, 0) is 24.3 Å². The zero-order valence-electron chi connectivity index (χ0n) is 16.9. The molecule has 0 saturated carbocycles. The van der Waals surface area contributed by atoms with Gasteiger partial charge >= 0.3 is 0 Å². The van der Waals surface area contributed by atoms with Gasteiger partial charge in [-0.05, 0) is 49.7 Å². The van der Waals surface area contributed by atoms with Gasteiger partial charge < -0.3 is 15.4 Å². The van der Waals surface area contributed by atoms with Crippen LogP contribution in [0.25, 0.3) is 0 Å². The van der Waals surface area contributed by atoms with E-state index in [2.05, 4.69) is 10.6 Å². The molecule has 0 fully saturated rings. The number of benzene rings is 2. The van der Waals surface area contributed by atoms with Gasteiger partial charge in [-0.2, -0.15) is 0 Å². The highest BCUT2D eigenvalue weighted by Crippen LogP contribution is 2.21. The first-order valence-electron chi connectivity index (χ1n) is 8.84. The summed E-state index contributed by atoms with van der Waals surface area (Å²) in [5.41, 5.74) is 3.24. The quantitative estimate of drug-likeness (QED) is 0.683. The lowest BCUT2D eigenvalue weighted by Gasteiger charge is -2.22. The number of hydrogen-bond acceptors (Lipinski definition) is 5. The van der Waals surface area contributed by atoms with Crippen molar-refractivity contribution in [1.82, 2.24) is 0 Å². The standard InChI is InChI=1S/C20H25N3O5S/c1-14-5-8-17(9-6-14)23(29(4,26)27)12-19(24)21-16-7-10-18(15(2)11-16)22-20(25)13-28-3/h5-11H,12-13H2,1-4H3,(H,21,24)(H,22,25). The monoisotopic (exact) mass is 419 g/mol. The Kier molecular flexibility index (Phi) is 7.35. The van der Waals surface area contributed by atoms with Gasteiger partial charge in [-0.15, -0.1) is 0 Å². The van der Waals surface area contributed by atoms with Gasteiger partial charge in [-0.25, -0.2) is 8.42 Å². The summed E-state index contributed by atoms with van der Waals surface area (Å²) < 4.78 is 30.1. The summed E-state index contributed by atoms with van der Waals surface area (Å²) in [5.74, 6) is -0.763. The number of carbonyl (C=O) groups excluding carboxylic acids is 2. The van der Waals surface area contributed by atoms with Gasteiger partial charge in [0.2, 0.25) is 21.8 Å². The van der Waals surface area contributed by atoms with E-state index in [1.54, 1.807) is 49.4 Å². The third kappa shape index (κ3) is 6.58. The van der Waals surface area contributed by atoms with Crippen molar-refractivity contribution in [2.45, 2.75) is 13.8 Å². The number of aryl methyl sites for hydroxylation is 2. The Morgan fingerprint density at radius 3 is 2.21 bits per heavy atom. The summed E-state index contributed by atoms with van der Waals surface area (Å²) in [6.45, 7) is 3.27. The third-order valence-electron chi connectivity index (χ3n) is 4.07. The van der Waals surface area contributed by atoms with Crippen molar-refractivity contribution in [3.05, 3.63) is 53.6 Å². The van der Waals surface area contributed by atoms with Gasteiger partial charge in [-0.3, -0.25) is 13.9 Å².